The number of nitrogens with zero attached hydrogens (tertiary/aromatic N) is 2. The summed E-state index contributed by atoms with van der Waals surface area (Å²) in [4.78, 5) is 15.0. The summed E-state index contributed by atoms with van der Waals surface area (Å²) in [7, 11) is 0. The molecule has 0 saturated heterocycles. The molecule has 1 aromatic rings. The number of aromatic nitrogens is 2. The van der Waals surface area contributed by atoms with Crippen molar-refractivity contribution in [1.29, 1.82) is 0 Å². The molecule has 0 aromatic carbocycles. The highest BCUT2D eigenvalue weighted by atomic mass is 16.4. The summed E-state index contributed by atoms with van der Waals surface area (Å²) in [5.41, 5.74) is 0.651. The molecule has 0 saturated carbocycles. The van der Waals surface area contributed by atoms with E-state index in [9.17, 15) is 4.79 Å². The maximum absolute atomic E-state index is 10.9. The van der Waals surface area contributed by atoms with Gasteiger partial charge in [-0.05, 0) is 19.9 Å². The summed E-state index contributed by atoms with van der Waals surface area (Å²) in [6, 6.07) is 0. The van der Waals surface area contributed by atoms with Gasteiger partial charge in [0.05, 0.1) is 5.69 Å². The number of aryl methyl sites for hydroxylation is 1. The van der Waals surface area contributed by atoms with Crippen molar-refractivity contribution in [3.8, 4) is 0 Å². The molecular weight excluding hydrogens is 180 g/mol. The molecule has 1 heterocycles. The minimum atomic E-state index is -0.995. The Morgan fingerprint density at radius 1 is 1.64 bits per heavy atom. The second-order valence-corrected chi connectivity index (χ2v) is 2.76. The predicted octanol–water partition coefficient (Wildman–Crippen LogP) is 2.02. The highest BCUT2D eigenvalue weighted by Gasteiger charge is 2.16. The van der Waals surface area contributed by atoms with Crippen LogP contribution in [0.1, 0.15) is 28.9 Å². The van der Waals surface area contributed by atoms with E-state index in [0.29, 0.717) is 11.5 Å². The minimum absolute atomic E-state index is 0.160. The molecule has 0 atom stereocenters. The molecule has 0 aliphatic carbocycles. The van der Waals surface area contributed by atoms with Gasteiger partial charge < -0.3 is 5.11 Å². The molecule has 0 amide bonds. The van der Waals surface area contributed by atoms with Crippen molar-refractivity contribution >= 4 is 18.2 Å². The summed E-state index contributed by atoms with van der Waals surface area (Å²) < 4.78 is 1.46. The Hall–Kier alpha value is -1.84. The van der Waals surface area contributed by atoms with Gasteiger partial charge in [-0.15, -0.1) is 0 Å². The van der Waals surface area contributed by atoms with E-state index in [1.165, 1.54) is 10.8 Å². The Kier molecular flexibility index (Phi) is 2.86. The Balaban J connectivity index is 3.42. The van der Waals surface area contributed by atoms with Gasteiger partial charge in [0.2, 0.25) is 0 Å². The van der Waals surface area contributed by atoms with Gasteiger partial charge in [-0.25, -0.2) is 9.78 Å². The minimum Gasteiger partial charge on any atom is -0.477 e. The zero-order valence-corrected chi connectivity index (χ0v) is 8.19. The number of carbonyl (C=O) groups is 1. The van der Waals surface area contributed by atoms with Gasteiger partial charge in [-0.1, -0.05) is 12.7 Å². The largest absolute Gasteiger partial charge is 0.477 e. The normalized spacial score (nSPS) is 10.7. The number of carboxylic acids is 1. The highest BCUT2D eigenvalue weighted by Crippen LogP contribution is 2.13. The molecule has 0 unspecified atom stereocenters. The Bertz CT molecular complexity index is 402. The fraction of sp³-hybridized carbons (Fsp3) is 0.200. The number of rotatable bonds is 3. The third kappa shape index (κ3) is 1.59. The van der Waals surface area contributed by atoms with Crippen LogP contribution in [-0.2, 0) is 0 Å². The zero-order chi connectivity index (χ0) is 10.7. The number of carboxylic acid groups (broad SMARTS) is 1. The number of hydrogen-bond acceptors (Lipinski definition) is 2. The lowest BCUT2D eigenvalue weighted by molar-refractivity contribution is 0.0688. The molecule has 14 heavy (non-hydrogen) atoms. The van der Waals surface area contributed by atoms with Gasteiger partial charge in [0.1, 0.15) is 5.82 Å². The monoisotopic (exact) mass is 192 g/mol. The van der Waals surface area contributed by atoms with Gasteiger partial charge in [-0.3, -0.25) is 4.57 Å². The van der Waals surface area contributed by atoms with Crippen LogP contribution in [0.25, 0.3) is 12.3 Å². The summed E-state index contributed by atoms with van der Waals surface area (Å²) >= 11 is 0. The van der Waals surface area contributed by atoms with Crippen LogP contribution in [0.2, 0.25) is 0 Å². The molecular formula is C10H12N2O2. The number of hydrogen-bond donors (Lipinski definition) is 1. The van der Waals surface area contributed by atoms with Crippen LogP contribution in [0.4, 0.5) is 0 Å². The maximum atomic E-state index is 10.9. The van der Waals surface area contributed by atoms with Crippen LogP contribution in [0.5, 0.6) is 0 Å². The van der Waals surface area contributed by atoms with Gasteiger partial charge in [0.15, 0.2) is 5.69 Å². The smallest absolute Gasteiger partial charge is 0.354 e. The molecule has 1 rings (SSSR count). The van der Waals surface area contributed by atoms with Gasteiger partial charge in [0, 0.05) is 6.20 Å². The average Bonchev–Trinajstić information content (AvgIpc) is 2.42. The first-order chi connectivity index (χ1) is 6.61. The first-order valence-corrected chi connectivity index (χ1v) is 4.19. The Morgan fingerprint density at radius 2 is 2.29 bits per heavy atom. The fourth-order valence-electron chi connectivity index (χ4n) is 1.28. The van der Waals surface area contributed by atoms with Gasteiger partial charge in [0.25, 0.3) is 0 Å². The second kappa shape index (κ2) is 3.91. The average molecular weight is 192 g/mol. The van der Waals surface area contributed by atoms with Crippen LogP contribution in [0, 0.1) is 6.92 Å². The van der Waals surface area contributed by atoms with E-state index in [0.717, 1.165) is 0 Å². The lowest BCUT2D eigenvalue weighted by atomic mass is 10.3. The van der Waals surface area contributed by atoms with E-state index in [2.05, 4.69) is 11.6 Å². The molecule has 0 radical (unpaired) electrons. The lowest BCUT2D eigenvalue weighted by Gasteiger charge is -1.99. The fourth-order valence-corrected chi connectivity index (χ4v) is 1.28. The second-order valence-electron chi connectivity index (χ2n) is 2.76. The van der Waals surface area contributed by atoms with Crippen LogP contribution in [0.15, 0.2) is 12.7 Å². The maximum Gasteiger partial charge on any atom is 0.354 e. The summed E-state index contributed by atoms with van der Waals surface area (Å²) in [6.07, 6.45) is 4.98. The standard InChI is InChI=1S/C10H12N2O2/c1-4-6-8-11-7(3)9(10(13)14)12(8)5-2/h4-6H,2H2,1,3H3,(H,13,14)/b6-4-. The first kappa shape index (κ1) is 10.2. The van der Waals surface area contributed by atoms with Crippen molar-refractivity contribution < 1.29 is 9.90 Å². The molecule has 1 aromatic heterocycles. The molecule has 0 fully saturated rings. The number of aromatic carboxylic acids is 1. The first-order valence-electron chi connectivity index (χ1n) is 4.19. The topological polar surface area (TPSA) is 55.1 Å². The van der Waals surface area contributed by atoms with E-state index in [4.69, 9.17) is 5.11 Å². The summed E-state index contributed by atoms with van der Waals surface area (Å²) in [6.45, 7) is 7.06. The third-order valence-electron chi connectivity index (χ3n) is 1.81. The predicted molar refractivity (Wildman–Crippen MR) is 55.0 cm³/mol. The van der Waals surface area contributed by atoms with Crippen LogP contribution in [-0.4, -0.2) is 20.6 Å². The Morgan fingerprint density at radius 3 is 2.71 bits per heavy atom. The zero-order valence-electron chi connectivity index (χ0n) is 8.19. The molecule has 4 heteroatoms. The van der Waals surface area contributed by atoms with Crippen molar-refractivity contribution in [3.05, 3.63) is 29.9 Å². The summed E-state index contributed by atoms with van der Waals surface area (Å²) in [5.74, 6) is -0.414. The molecule has 0 bridgehead atoms. The van der Waals surface area contributed by atoms with E-state index in [-0.39, 0.29) is 5.69 Å². The van der Waals surface area contributed by atoms with Crippen LogP contribution >= 0.6 is 0 Å². The molecule has 1 N–H and O–H groups in total. The molecule has 4 nitrogen and oxygen atoms in total. The SMILES string of the molecule is C=Cn1c(/C=C\C)nc(C)c1C(=O)O. The van der Waals surface area contributed by atoms with Crippen molar-refractivity contribution in [1.82, 2.24) is 9.55 Å². The number of allylic oxidation sites excluding steroid dienone is 1. The van der Waals surface area contributed by atoms with Crippen LogP contribution in [0.3, 0.4) is 0 Å². The van der Waals surface area contributed by atoms with Gasteiger partial charge in [-0.2, -0.15) is 0 Å². The van der Waals surface area contributed by atoms with Crippen molar-refractivity contribution in [2.75, 3.05) is 0 Å². The molecule has 74 valence electrons. The Labute approximate surface area is 82.2 Å². The van der Waals surface area contributed by atoms with Gasteiger partial charge >= 0.3 is 5.97 Å². The van der Waals surface area contributed by atoms with E-state index in [1.54, 1.807) is 19.1 Å². The number of imidazole rings is 1. The van der Waals surface area contributed by atoms with E-state index < -0.39 is 5.97 Å². The molecule has 0 spiro atoms. The highest BCUT2D eigenvalue weighted by molar-refractivity contribution is 5.88. The van der Waals surface area contributed by atoms with Crippen molar-refractivity contribution in [2.24, 2.45) is 0 Å². The quantitative estimate of drug-likeness (QED) is 0.797. The third-order valence-corrected chi connectivity index (χ3v) is 1.81. The molecule has 0 aliphatic rings. The van der Waals surface area contributed by atoms with E-state index in [1.807, 2.05) is 6.92 Å². The van der Waals surface area contributed by atoms with Crippen LogP contribution < -0.4 is 0 Å². The lowest BCUT2D eigenvalue weighted by Crippen LogP contribution is -2.05. The van der Waals surface area contributed by atoms with Crippen molar-refractivity contribution in [2.45, 2.75) is 13.8 Å². The molecule has 0 aliphatic heterocycles. The van der Waals surface area contributed by atoms with E-state index >= 15 is 0 Å². The summed E-state index contributed by atoms with van der Waals surface area (Å²) in [5, 5.41) is 8.93. The van der Waals surface area contributed by atoms with Crippen molar-refractivity contribution in [3.63, 3.8) is 0 Å².